The van der Waals surface area contributed by atoms with E-state index in [4.69, 9.17) is 36.6 Å². The number of nitrogens with zero attached hydrogens (tertiary/aromatic N) is 8. The molecule has 0 fully saturated rings. The van der Waals surface area contributed by atoms with Gasteiger partial charge in [-0.1, -0.05) is 86.6 Å². The standard InChI is InChI=1S/4C6H6N3.C4H10O2S.BO3.FH/c4*7-9-8-6-4-2-1-3-5-6;1-3-7(5,6)4-2;2-1(3)4;/h4*1-5,8H;3-4H2,1-2H3;;1H/q4*+1;;-3;/p-1. The van der Waals surface area contributed by atoms with Gasteiger partial charge in [-0.2, -0.15) is 0 Å². The first-order valence-corrected chi connectivity index (χ1v) is 15.2. The van der Waals surface area contributed by atoms with Crippen LogP contribution in [-0.2, 0) is 9.84 Å². The van der Waals surface area contributed by atoms with Crippen LogP contribution in [0.4, 0.5) is 22.7 Å². The van der Waals surface area contributed by atoms with E-state index in [9.17, 15) is 8.42 Å². The molecule has 0 heterocycles. The highest BCUT2D eigenvalue weighted by Gasteiger charge is 1.99. The van der Waals surface area contributed by atoms with Crippen molar-refractivity contribution in [1.29, 1.82) is 21.6 Å². The molecule has 17 nitrogen and oxygen atoms in total. The number of hydrogen-bond donors (Lipinski definition) is 4. The monoisotopic (exact) mass is 680 g/mol. The summed E-state index contributed by atoms with van der Waals surface area (Å²) < 4.78 is 20.7. The molecule has 0 aliphatic heterocycles. The first-order chi connectivity index (χ1) is 22.6. The maximum Gasteiger partial charge on any atom is 0.308 e. The van der Waals surface area contributed by atoms with E-state index >= 15 is 0 Å². The number of para-hydroxylation sites is 4. The van der Waals surface area contributed by atoms with E-state index in [0.717, 1.165) is 22.7 Å². The summed E-state index contributed by atoms with van der Waals surface area (Å²) in [6.07, 6.45) is 0. The molecule has 4 aromatic carbocycles. The van der Waals surface area contributed by atoms with Crippen LogP contribution in [0.5, 0.6) is 0 Å². The van der Waals surface area contributed by atoms with Gasteiger partial charge in [-0.15, -0.1) is 0 Å². The summed E-state index contributed by atoms with van der Waals surface area (Å²) in [5, 5.41) is 68.4. The number of halogens is 1. The topological polar surface area (TPSA) is 264 Å². The summed E-state index contributed by atoms with van der Waals surface area (Å²) in [5.74, 6) is 0.535. The van der Waals surface area contributed by atoms with Crippen molar-refractivity contribution in [2.45, 2.75) is 13.8 Å². The molecule has 0 bridgehead atoms. The highest BCUT2D eigenvalue weighted by Crippen LogP contribution is 2.05. The molecule has 0 atom stereocenters. The zero-order valence-electron chi connectivity index (χ0n) is 25.9. The fraction of sp³-hybridized carbons (Fsp3) is 0.143. The molecule has 4 rings (SSSR count). The van der Waals surface area contributed by atoms with Crippen molar-refractivity contribution < 1.29 is 28.2 Å². The van der Waals surface area contributed by atoms with Crippen molar-refractivity contribution >= 4 is 39.9 Å². The third-order valence-electron chi connectivity index (χ3n) is 4.69. The van der Waals surface area contributed by atoms with E-state index in [1.54, 1.807) is 62.4 Å². The molecule has 0 aromatic heterocycles. The quantitative estimate of drug-likeness (QED) is 0.126. The Bertz CT molecular complexity index is 1390. The lowest BCUT2D eigenvalue weighted by Gasteiger charge is -2.35. The molecule has 0 unspecified atom stereocenters. The van der Waals surface area contributed by atoms with Crippen LogP contribution in [0.1, 0.15) is 13.8 Å². The Morgan fingerprint density at radius 3 is 0.771 bits per heavy atom. The summed E-state index contributed by atoms with van der Waals surface area (Å²) in [6, 6.07) is 36.8. The maximum absolute atomic E-state index is 10.4. The third-order valence-corrected chi connectivity index (χ3v) is 6.45. The second kappa shape index (κ2) is 32.0. The first-order valence-electron chi connectivity index (χ1n) is 13.4. The Hall–Kier alpha value is -6.42. The van der Waals surface area contributed by atoms with Gasteiger partial charge in [0.15, 0.2) is 0 Å². The SMILES string of the molecule is CCS(=O)(=O)CC.N#[N+]Nc1ccccc1.N#[N+]Nc1ccccc1.N#[N+]Nc1ccccc1.N#[N+]Nc1ccccc1.[F-].[O-]B([O-])[O-]. The summed E-state index contributed by atoms with van der Waals surface area (Å²) in [6.45, 7) is 3.30. The average molecular weight is 681 g/mol. The lowest BCUT2D eigenvalue weighted by Crippen LogP contribution is -3.00. The fourth-order valence-electron chi connectivity index (χ4n) is 2.49. The van der Waals surface area contributed by atoms with Gasteiger partial charge in [0.05, 0.1) is 0 Å². The van der Waals surface area contributed by atoms with Crippen molar-refractivity contribution in [2.24, 2.45) is 0 Å². The predicted octanol–water partition coefficient (Wildman–Crippen LogP) is 0.964. The van der Waals surface area contributed by atoms with Crippen LogP contribution in [-0.4, -0.2) is 27.2 Å². The zero-order valence-corrected chi connectivity index (χ0v) is 26.8. The number of nitrogens with one attached hydrogen (secondary N) is 4. The number of hydrogen-bond acceptors (Lipinski definition) is 13. The number of sulfone groups is 1. The Morgan fingerprint density at radius 2 is 0.667 bits per heavy atom. The molecule has 0 radical (unpaired) electrons. The molecule has 0 aliphatic carbocycles. The Kier molecular flexibility index (Phi) is 30.7. The Labute approximate surface area is 278 Å². The van der Waals surface area contributed by atoms with Crippen LogP contribution in [0.2, 0.25) is 0 Å². The van der Waals surface area contributed by atoms with Gasteiger partial charge in [0.2, 0.25) is 0 Å². The van der Waals surface area contributed by atoms with E-state index in [-0.39, 0.29) is 16.2 Å². The van der Waals surface area contributed by atoms with Crippen LogP contribution in [0.15, 0.2) is 121 Å². The smallest absolute Gasteiger partial charge is 0.308 e. The number of rotatable bonds is 6. The largest absolute Gasteiger partial charge is 1.00 e. The number of benzene rings is 4. The van der Waals surface area contributed by atoms with Crippen LogP contribution in [0.3, 0.4) is 0 Å². The highest BCUT2D eigenvalue weighted by atomic mass is 32.2. The Morgan fingerprint density at radius 1 is 0.500 bits per heavy atom. The molecule has 0 spiro atoms. The zero-order chi connectivity index (χ0) is 35.6. The van der Waals surface area contributed by atoms with Gasteiger partial charge in [0, 0.05) is 11.5 Å². The summed E-state index contributed by atoms with van der Waals surface area (Å²) in [5.41, 5.74) is 12.7. The van der Waals surface area contributed by atoms with E-state index < -0.39 is 17.2 Å². The molecule has 0 aliphatic rings. The minimum absolute atomic E-state index is 0. The highest BCUT2D eigenvalue weighted by molar-refractivity contribution is 7.91. The van der Waals surface area contributed by atoms with Crippen molar-refractivity contribution in [3.05, 3.63) is 142 Å². The maximum atomic E-state index is 10.4. The van der Waals surface area contributed by atoms with E-state index in [0.29, 0.717) is 0 Å². The van der Waals surface area contributed by atoms with Crippen LogP contribution < -0.4 is 41.5 Å². The van der Waals surface area contributed by atoms with Gasteiger partial charge in [-0.05, 0) is 70.2 Å². The third kappa shape index (κ3) is 31.0. The van der Waals surface area contributed by atoms with Crippen molar-refractivity contribution in [1.82, 2.24) is 0 Å². The second-order valence-corrected chi connectivity index (χ2v) is 10.6. The van der Waals surface area contributed by atoms with Crippen LogP contribution in [0.25, 0.3) is 20.3 Å². The van der Waals surface area contributed by atoms with E-state index in [2.05, 4.69) is 42.0 Å². The lowest BCUT2D eigenvalue weighted by atomic mass is 10.3. The summed E-state index contributed by atoms with van der Waals surface area (Å²) in [4.78, 5) is 0. The summed E-state index contributed by atoms with van der Waals surface area (Å²) in [7, 11) is -5.57. The van der Waals surface area contributed by atoms with Gasteiger partial charge in [0.25, 0.3) is 21.6 Å². The molecular formula is C28H34BFN12O5S. The second-order valence-electron chi connectivity index (χ2n) is 7.92. The molecule has 252 valence electrons. The average Bonchev–Trinajstić information content (AvgIpc) is 3.08. The van der Waals surface area contributed by atoms with E-state index in [1.165, 1.54) is 0 Å². The molecule has 20 heteroatoms. The molecule has 48 heavy (non-hydrogen) atoms. The van der Waals surface area contributed by atoms with Gasteiger partial charge >= 0.3 is 20.3 Å². The molecule has 4 aromatic rings. The molecule has 0 amide bonds. The first kappa shape index (κ1) is 46.0. The molecule has 0 saturated heterocycles. The van der Waals surface area contributed by atoms with Gasteiger partial charge in [0.1, 0.15) is 32.6 Å². The van der Waals surface area contributed by atoms with Gasteiger partial charge in [-0.3, -0.25) is 7.32 Å². The lowest BCUT2D eigenvalue weighted by molar-refractivity contribution is -0.479. The van der Waals surface area contributed by atoms with Crippen molar-refractivity contribution in [3.8, 4) is 0 Å². The molecular weight excluding hydrogens is 646 g/mol. The van der Waals surface area contributed by atoms with Gasteiger partial charge < -0.3 is 19.8 Å². The predicted molar refractivity (Wildman–Crippen MR) is 176 cm³/mol. The minimum atomic E-state index is -2.92. The normalized spacial score (nSPS) is 8.19. The summed E-state index contributed by atoms with van der Waals surface area (Å²) >= 11 is 0. The fourth-order valence-corrected chi connectivity index (χ4v) is 2.89. The van der Waals surface area contributed by atoms with E-state index in [1.807, 2.05) is 72.8 Å². The van der Waals surface area contributed by atoms with Crippen LogP contribution >= 0.6 is 0 Å². The number of anilines is 4. The number of diazo groups is 4. The van der Waals surface area contributed by atoms with Crippen molar-refractivity contribution in [2.75, 3.05) is 33.2 Å². The van der Waals surface area contributed by atoms with Crippen molar-refractivity contribution in [3.63, 3.8) is 0 Å². The van der Waals surface area contributed by atoms with Gasteiger partial charge in [-0.25, -0.2) is 8.42 Å². The Balaban J connectivity index is -0.000000512. The molecule has 4 N–H and O–H groups in total. The minimum Gasteiger partial charge on any atom is -1.00 e. The van der Waals surface area contributed by atoms with Crippen LogP contribution in [0, 0.1) is 21.6 Å². The molecule has 0 saturated carbocycles.